The summed E-state index contributed by atoms with van der Waals surface area (Å²) in [6.45, 7) is -4.35. The molecule has 1 N–H and O–H groups in total. The molecular weight excluding hydrogens is 432 g/mol. The average molecular weight is 447 g/mol. The molecule has 8 nitrogen and oxygen atoms in total. The molecule has 0 aliphatic rings. The number of hydrogen-bond donors (Lipinski definition) is 1. The fourth-order valence-electron chi connectivity index (χ4n) is 1.89. The highest BCUT2D eigenvalue weighted by atomic mass is 19.4. The highest BCUT2D eigenvalue weighted by Crippen LogP contribution is 2.29. The molecule has 168 valence electrons. The van der Waals surface area contributed by atoms with Gasteiger partial charge in [0.15, 0.2) is 13.2 Å². The summed E-state index contributed by atoms with van der Waals surface area (Å²) >= 11 is 0. The summed E-state index contributed by atoms with van der Waals surface area (Å²) in [7, 11) is 2.49. The molecule has 1 amide bonds. The Bertz CT molecular complexity index is 748. The normalized spacial score (nSPS) is 11.6. The summed E-state index contributed by atoms with van der Waals surface area (Å²) in [6, 6.07) is 3.78. The Labute approximate surface area is 165 Å². The van der Waals surface area contributed by atoms with Crippen LogP contribution in [0.2, 0.25) is 0 Å². The number of rotatable bonds is 8. The molecule has 1 rings (SSSR count). The number of hydrogen-bond acceptors (Lipinski definition) is 7. The number of carbonyl (C=O) groups is 3. The summed E-state index contributed by atoms with van der Waals surface area (Å²) in [5.41, 5.74) is -0.166. The molecule has 14 heteroatoms. The fraction of sp³-hybridized carbons (Fsp3) is 0.438. The van der Waals surface area contributed by atoms with Gasteiger partial charge >= 0.3 is 24.3 Å². The second kappa shape index (κ2) is 10.0. The van der Waals surface area contributed by atoms with E-state index in [1.165, 1.54) is 32.4 Å². The largest absolute Gasteiger partial charge is 0.497 e. The molecule has 0 heterocycles. The van der Waals surface area contributed by atoms with E-state index in [9.17, 15) is 40.7 Å². The van der Waals surface area contributed by atoms with Crippen LogP contribution in [0, 0.1) is 5.92 Å². The van der Waals surface area contributed by atoms with Crippen LogP contribution in [0.5, 0.6) is 11.5 Å². The van der Waals surface area contributed by atoms with Crippen LogP contribution >= 0.6 is 0 Å². The van der Waals surface area contributed by atoms with Crippen molar-refractivity contribution in [2.45, 2.75) is 12.4 Å². The van der Waals surface area contributed by atoms with Crippen molar-refractivity contribution < 1.29 is 59.7 Å². The van der Waals surface area contributed by atoms with Crippen LogP contribution in [0.3, 0.4) is 0 Å². The van der Waals surface area contributed by atoms with Crippen molar-refractivity contribution in [2.75, 3.05) is 32.8 Å². The summed E-state index contributed by atoms with van der Waals surface area (Å²) in [5.74, 6) is -8.24. The van der Waals surface area contributed by atoms with Crippen molar-refractivity contribution >= 4 is 23.5 Å². The van der Waals surface area contributed by atoms with E-state index in [0.29, 0.717) is 0 Å². The minimum atomic E-state index is -5.01. The molecule has 0 fully saturated rings. The second-order valence-corrected chi connectivity index (χ2v) is 5.43. The number of methoxy groups -OCH3 is 2. The Morgan fingerprint density at radius 3 is 1.80 bits per heavy atom. The quantitative estimate of drug-likeness (QED) is 0.371. The van der Waals surface area contributed by atoms with Gasteiger partial charge < -0.3 is 24.3 Å². The first-order valence-electron chi connectivity index (χ1n) is 7.77. The van der Waals surface area contributed by atoms with Crippen molar-refractivity contribution in [1.29, 1.82) is 0 Å². The fourth-order valence-corrected chi connectivity index (χ4v) is 1.89. The summed E-state index contributed by atoms with van der Waals surface area (Å²) in [4.78, 5) is 36.0. The van der Waals surface area contributed by atoms with Gasteiger partial charge in [-0.3, -0.25) is 14.4 Å². The van der Waals surface area contributed by atoms with E-state index in [-0.39, 0.29) is 17.2 Å². The zero-order valence-corrected chi connectivity index (χ0v) is 15.3. The van der Waals surface area contributed by atoms with Gasteiger partial charge in [-0.15, -0.1) is 0 Å². The van der Waals surface area contributed by atoms with E-state index in [1.54, 1.807) is 0 Å². The van der Waals surface area contributed by atoms with Crippen molar-refractivity contribution in [3.8, 4) is 11.5 Å². The number of esters is 2. The number of ether oxygens (including phenoxy) is 4. The number of amides is 1. The van der Waals surface area contributed by atoms with Gasteiger partial charge in [0.05, 0.1) is 19.9 Å². The smallest absolute Gasteiger partial charge is 0.422 e. The van der Waals surface area contributed by atoms with Crippen LogP contribution in [0.15, 0.2) is 18.2 Å². The molecule has 0 bridgehead atoms. The molecular formula is C16H15F6NO7. The second-order valence-electron chi connectivity index (χ2n) is 5.43. The zero-order valence-electron chi connectivity index (χ0n) is 15.3. The Hall–Kier alpha value is -3.19. The van der Waals surface area contributed by atoms with Crippen LogP contribution in [-0.4, -0.2) is 57.6 Å². The van der Waals surface area contributed by atoms with E-state index in [4.69, 9.17) is 9.47 Å². The first-order chi connectivity index (χ1) is 13.8. The Balaban J connectivity index is 3.09. The molecule has 0 saturated carbocycles. The minimum absolute atomic E-state index is 0.0474. The molecule has 0 aliphatic heterocycles. The lowest BCUT2D eigenvalue weighted by Crippen LogP contribution is -2.40. The van der Waals surface area contributed by atoms with Crippen molar-refractivity contribution in [3.63, 3.8) is 0 Å². The summed E-state index contributed by atoms with van der Waals surface area (Å²) in [5, 5.41) is 1.99. The minimum Gasteiger partial charge on any atom is -0.497 e. The standard InChI is InChI=1S/C16H15F6NO7/c1-27-8-3-4-9(10(5-8)28-2)23-12(24)11(13(25)29-6-15(17,18)19)14(26)30-7-16(20,21)22/h3-5,11H,6-7H2,1-2H3,(H,23,24). The van der Waals surface area contributed by atoms with Crippen molar-refractivity contribution in [3.05, 3.63) is 18.2 Å². The maximum Gasteiger partial charge on any atom is 0.422 e. The molecule has 0 unspecified atom stereocenters. The SMILES string of the molecule is COc1ccc(NC(=O)C(C(=O)OCC(F)(F)F)C(=O)OCC(F)(F)F)c(OC)c1. The van der Waals surface area contributed by atoms with Gasteiger partial charge in [-0.05, 0) is 12.1 Å². The highest BCUT2D eigenvalue weighted by Gasteiger charge is 2.42. The van der Waals surface area contributed by atoms with Crippen LogP contribution in [0.1, 0.15) is 0 Å². The predicted molar refractivity (Wildman–Crippen MR) is 85.7 cm³/mol. The number of benzene rings is 1. The molecule has 1 aromatic carbocycles. The Morgan fingerprint density at radius 1 is 0.900 bits per heavy atom. The third kappa shape index (κ3) is 8.05. The van der Waals surface area contributed by atoms with E-state index >= 15 is 0 Å². The van der Waals surface area contributed by atoms with Crippen LogP contribution in [0.4, 0.5) is 32.0 Å². The van der Waals surface area contributed by atoms with Gasteiger partial charge in [0.1, 0.15) is 11.5 Å². The third-order valence-corrected chi connectivity index (χ3v) is 3.16. The number of nitrogens with one attached hydrogen (secondary N) is 1. The topological polar surface area (TPSA) is 100 Å². The maximum absolute atomic E-state index is 12.3. The lowest BCUT2D eigenvalue weighted by atomic mass is 10.1. The first-order valence-corrected chi connectivity index (χ1v) is 7.77. The van der Waals surface area contributed by atoms with Gasteiger partial charge in [0, 0.05) is 6.07 Å². The monoisotopic (exact) mass is 447 g/mol. The number of alkyl halides is 6. The number of anilines is 1. The average Bonchev–Trinajstić information content (AvgIpc) is 2.64. The van der Waals surface area contributed by atoms with E-state index in [1.807, 2.05) is 5.32 Å². The van der Waals surface area contributed by atoms with Gasteiger partial charge in [-0.25, -0.2) is 0 Å². The lowest BCUT2D eigenvalue weighted by molar-refractivity contribution is -0.199. The van der Waals surface area contributed by atoms with Crippen LogP contribution in [0.25, 0.3) is 0 Å². The van der Waals surface area contributed by atoms with Gasteiger partial charge in [-0.2, -0.15) is 26.3 Å². The lowest BCUT2D eigenvalue weighted by Gasteiger charge is -2.18. The summed E-state index contributed by atoms with van der Waals surface area (Å²) in [6.07, 6.45) is -10.0. The molecule has 0 aromatic heterocycles. The first kappa shape index (κ1) is 24.8. The van der Waals surface area contributed by atoms with Gasteiger partial charge in [0.2, 0.25) is 11.8 Å². The Morgan fingerprint density at radius 2 is 1.40 bits per heavy atom. The summed E-state index contributed by atoms with van der Waals surface area (Å²) < 4.78 is 90.9. The van der Waals surface area contributed by atoms with Crippen LogP contribution < -0.4 is 14.8 Å². The molecule has 0 radical (unpaired) electrons. The molecule has 30 heavy (non-hydrogen) atoms. The van der Waals surface area contributed by atoms with Gasteiger partial charge in [-0.1, -0.05) is 0 Å². The molecule has 1 aromatic rings. The van der Waals surface area contributed by atoms with Gasteiger partial charge in [0.25, 0.3) is 0 Å². The third-order valence-electron chi connectivity index (χ3n) is 3.16. The highest BCUT2D eigenvalue weighted by molar-refractivity contribution is 6.18. The maximum atomic E-state index is 12.3. The zero-order chi connectivity index (χ0) is 23.1. The van der Waals surface area contributed by atoms with E-state index in [2.05, 4.69) is 9.47 Å². The number of halogens is 6. The van der Waals surface area contributed by atoms with Crippen LogP contribution in [-0.2, 0) is 23.9 Å². The molecule has 0 aliphatic carbocycles. The van der Waals surface area contributed by atoms with Crippen molar-refractivity contribution in [2.24, 2.45) is 5.92 Å². The Kier molecular flexibility index (Phi) is 8.30. The van der Waals surface area contributed by atoms with E-state index < -0.39 is 49.3 Å². The molecule has 0 atom stereocenters. The number of carbonyl (C=O) groups excluding carboxylic acids is 3. The van der Waals surface area contributed by atoms with Crippen molar-refractivity contribution in [1.82, 2.24) is 0 Å². The predicted octanol–water partition coefficient (Wildman–Crippen LogP) is 2.47. The molecule has 0 spiro atoms. The molecule has 0 saturated heterocycles. The van der Waals surface area contributed by atoms with E-state index in [0.717, 1.165) is 0 Å².